The van der Waals surface area contributed by atoms with Crippen LogP contribution >= 0.6 is 27.3 Å². The number of rotatable bonds is 4. The van der Waals surface area contributed by atoms with Crippen LogP contribution in [0.25, 0.3) is 10.2 Å². The summed E-state index contributed by atoms with van der Waals surface area (Å²) < 4.78 is 14.8. The van der Waals surface area contributed by atoms with E-state index in [1.54, 1.807) is 30.3 Å². The molecule has 0 spiro atoms. The second-order valence-electron chi connectivity index (χ2n) is 7.11. The van der Waals surface area contributed by atoms with Gasteiger partial charge in [-0.1, -0.05) is 36.7 Å². The first kappa shape index (κ1) is 20.0. The van der Waals surface area contributed by atoms with Gasteiger partial charge in [-0.3, -0.25) is 14.9 Å². The Bertz CT molecular complexity index is 1040. The molecule has 0 bridgehead atoms. The van der Waals surface area contributed by atoms with Crippen LogP contribution in [0.4, 0.5) is 15.2 Å². The van der Waals surface area contributed by atoms with Gasteiger partial charge in [0, 0.05) is 23.2 Å². The molecule has 0 radical (unpaired) electrons. The molecule has 4 rings (SSSR count). The van der Waals surface area contributed by atoms with Crippen molar-refractivity contribution in [1.82, 2.24) is 4.98 Å². The van der Waals surface area contributed by atoms with Crippen LogP contribution in [0.15, 0.2) is 40.9 Å². The zero-order valence-electron chi connectivity index (χ0n) is 15.5. The van der Waals surface area contributed by atoms with Crippen LogP contribution in [0.3, 0.4) is 0 Å². The largest absolute Gasteiger partial charge is 0.326 e. The maximum Gasteiger partial charge on any atom is 0.257 e. The lowest BCUT2D eigenvalue weighted by atomic mass is 9.88. The molecular formula is C21H19BrFN3O2S. The van der Waals surface area contributed by atoms with Crippen LogP contribution in [-0.4, -0.2) is 16.8 Å². The Morgan fingerprint density at radius 1 is 1.10 bits per heavy atom. The van der Waals surface area contributed by atoms with E-state index in [1.807, 2.05) is 0 Å². The number of benzene rings is 2. The molecule has 0 unspecified atom stereocenters. The van der Waals surface area contributed by atoms with Gasteiger partial charge >= 0.3 is 0 Å². The van der Waals surface area contributed by atoms with Crippen molar-refractivity contribution in [3.8, 4) is 0 Å². The van der Waals surface area contributed by atoms with E-state index in [0.29, 0.717) is 26.4 Å². The molecule has 1 heterocycles. The third-order valence-corrected chi connectivity index (χ3v) is 6.56. The molecule has 3 aromatic rings. The molecular weight excluding hydrogens is 457 g/mol. The molecule has 2 aromatic carbocycles. The van der Waals surface area contributed by atoms with Gasteiger partial charge in [0.25, 0.3) is 5.91 Å². The van der Waals surface area contributed by atoms with Gasteiger partial charge in [0.15, 0.2) is 5.13 Å². The van der Waals surface area contributed by atoms with Gasteiger partial charge < -0.3 is 5.32 Å². The van der Waals surface area contributed by atoms with Crippen LogP contribution in [0, 0.1) is 11.7 Å². The molecule has 150 valence electrons. The Labute approximate surface area is 179 Å². The highest BCUT2D eigenvalue weighted by atomic mass is 79.9. The molecule has 0 atom stereocenters. The number of thiazole rings is 1. The number of carbonyl (C=O) groups excluding carboxylic acids is 2. The molecule has 0 aliphatic heterocycles. The number of halogens is 2. The summed E-state index contributed by atoms with van der Waals surface area (Å²) in [7, 11) is 0. The van der Waals surface area contributed by atoms with Gasteiger partial charge in [0.05, 0.1) is 14.7 Å². The number of fused-ring (bicyclic) bond motifs is 1. The van der Waals surface area contributed by atoms with Crippen LogP contribution in [0.2, 0.25) is 0 Å². The van der Waals surface area contributed by atoms with Crippen LogP contribution in [-0.2, 0) is 4.79 Å². The van der Waals surface area contributed by atoms with Crippen molar-refractivity contribution in [2.75, 3.05) is 10.6 Å². The second kappa shape index (κ2) is 8.59. The fourth-order valence-corrected chi connectivity index (χ4v) is 4.87. The Hall–Kier alpha value is -2.32. The second-order valence-corrected chi connectivity index (χ2v) is 9.00. The van der Waals surface area contributed by atoms with Crippen molar-refractivity contribution in [3.63, 3.8) is 0 Å². The summed E-state index contributed by atoms with van der Waals surface area (Å²) in [5.74, 6) is -0.677. The number of nitrogens with one attached hydrogen (secondary N) is 2. The van der Waals surface area contributed by atoms with Crippen LogP contribution in [0.5, 0.6) is 0 Å². The van der Waals surface area contributed by atoms with Crippen molar-refractivity contribution in [3.05, 3.63) is 52.3 Å². The Kier molecular flexibility index (Phi) is 5.91. The summed E-state index contributed by atoms with van der Waals surface area (Å²) >= 11 is 4.42. The first-order chi connectivity index (χ1) is 14.0. The van der Waals surface area contributed by atoms with Crippen molar-refractivity contribution in [2.24, 2.45) is 5.92 Å². The molecule has 8 heteroatoms. The average Bonchev–Trinajstić information content (AvgIpc) is 3.10. The minimum atomic E-state index is -0.401. The van der Waals surface area contributed by atoms with E-state index >= 15 is 0 Å². The quantitative estimate of drug-likeness (QED) is 0.488. The highest BCUT2D eigenvalue weighted by molar-refractivity contribution is 9.10. The molecule has 1 aliphatic carbocycles. The number of nitrogens with zero attached hydrogens (tertiary/aromatic N) is 1. The first-order valence-electron chi connectivity index (χ1n) is 9.47. The van der Waals surface area contributed by atoms with E-state index < -0.39 is 5.82 Å². The summed E-state index contributed by atoms with van der Waals surface area (Å²) in [6.45, 7) is 0. The summed E-state index contributed by atoms with van der Waals surface area (Å²) in [6.07, 6.45) is 5.20. The number of carbonyl (C=O) groups is 2. The van der Waals surface area contributed by atoms with Gasteiger partial charge in [-0.2, -0.15) is 0 Å². The zero-order chi connectivity index (χ0) is 20.4. The first-order valence-corrected chi connectivity index (χ1v) is 11.1. The van der Waals surface area contributed by atoms with E-state index in [-0.39, 0.29) is 17.7 Å². The normalized spacial score (nSPS) is 14.7. The average molecular weight is 476 g/mol. The van der Waals surface area contributed by atoms with Crippen LogP contribution in [0.1, 0.15) is 42.5 Å². The lowest BCUT2D eigenvalue weighted by molar-refractivity contribution is -0.120. The summed E-state index contributed by atoms with van der Waals surface area (Å²) in [4.78, 5) is 29.3. The van der Waals surface area contributed by atoms with Gasteiger partial charge in [-0.05, 0) is 53.0 Å². The highest BCUT2D eigenvalue weighted by Crippen LogP contribution is 2.31. The topological polar surface area (TPSA) is 71.1 Å². The smallest absolute Gasteiger partial charge is 0.257 e. The number of anilines is 2. The van der Waals surface area contributed by atoms with E-state index in [1.165, 1.54) is 23.8 Å². The number of aromatic nitrogens is 1. The fourth-order valence-electron chi connectivity index (χ4n) is 3.49. The molecule has 1 fully saturated rings. The molecule has 2 amide bonds. The number of amides is 2. The molecule has 29 heavy (non-hydrogen) atoms. The lowest BCUT2D eigenvalue weighted by Gasteiger charge is -2.20. The number of hydrogen-bond acceptors (Lipinski definition) is 4. The van der Waals surface area contributed by atoms with Crippen molar-refractivity contribution < 1.29 is 14.0 Å². The fraction of sp³-hybridized carbons (Fsp3) is 0.286. The Balaban J connectivity index is 1.46. The molecule has 1 aliphatic rings. The maximum atomic E-state index is 13.7. The Morgan fingerprint density at radius 2 is 1.90 bits per heavy atom. The highest BCUT2D eigenvalue weighted by Gasteiger charge is 2.21. The third kappa shape index (κ3) is 4.64. The summed E-state index contributed by atoms with van der Waals surface area (Å²) in [5.41, 5.74) is 1.50. The monoisotopic (exact) mass is 475 g/mol. The number of hydrogen-bond donors (Lipinski definition) is 2. The van der Waals surface area contributed by atoms with E-state index in [0.717, 1.165) is 30.4 Å². The van der Waals surface area contributed by atoms with E-state index in [4.69, 9.17) is 0 Å². The predicted molar refractivity (Wildman–Crippen MR) is 117 cm³/mol. The van der Waals surface area contributed by atoms with Crippen molar-refractivity contribution in [2.45, 2.75) is 32.1 Å². The van der Waals surface area contributed by atoms with Crippen LogP contribution < -0.4 is 10.6 Å². The minimum absolute atomic E-state index is 0.0148. The van der Waals surface area contributed by atoms with Gasteiger partial charge in [0.1, 0.15) is 5.82 Å². The summed E-state index contributed by atoms with van der Waals surface area (Å²) in [5, 5.41) is 6.06. The molecule has 2 N–H and O–H groups in total. The third-order valence-electron chi connectivity index (χ3n) is 5.02. The van der Waals surface area contributed by atoms with Gasteiger partial charge in [-0.15, -0.1) is 0 Å². The minimum Gasteiger partial charge on any atom is -0.326 e. The van der Waals surface area contributed by atoms with Crippen molar-refractivity contribution in [1.29, 1.82) is 0 Å². The Morgan fingerprint density at radius 3 is 2.69 bits per heavy atom. The van der Waals surface area contributed by atoms with Crippen molar-refractivity contribution >= 4 is 60.1 Å². The van der Waals surface area contributed by atoms with Gasteiger partial charge in [-0.25, -0.2) is 9.37 Å². The molecule has 0 saturated heterocycles. The SMILES string of the molecule is O=C(Nc1nc2cc(F)c(Br)cc2s1)c1cccc(NC(=O)C2CCCCC2)c1. The van der Waals surface area contributed by atoms with E-state index in [9.17, 15) is 14.0 Å². The molecule has 1 aromatic heterocycles. The summed E-state index contributed by atoms with van der Waals surface area (Å²) in [6, 6.07) is 9.80. The van der Waals surface area contributed by atoms with E-state index in [2.05, 4.69) is 31.5 Å². The lowest BCUT2D eigenvalue weighted by Crippen LogP contribution is -2.24. The predicted octanol–water partition coefficient (Wildman–Crippen LogP) is 5.97. The van der Waals surface area contributed by atoms with Gasteiger partial charge in [0.2, 0.25) is 5.91 Å². The molecule has 1 saturated carbocycles. The standard InChI is InChI=1S/C21H19BrFN3O2S/c22-15-10-18-17(11-16(15)23)25-21(29-18)26-20(28)13-7-4-8-14(9-13)24-19(27)12-5-2-1-3-6-12/h4,7-12H,1-3,5-6H2,(H,24,27)(H,25,26,28). The maximum absolute atomic E-state index is 13.7. The molecule has 5 nitrogen and oxygen atoms in total. The zero-order valence-corrected chi connectivity index (χ0v) is 17.9.